The second-order valence-electron chi connectivity index (χ2n) is 8.00. The first-order valence-corrected chi connectivity index (χ1v) is 9.75. The molecule has 0 unspecified atom stereocenters. The van der Waals surface area contributed by atoms with Crippen molar-refractivity contribution in [3.05, 3.63) is 11.6 Å². The summed E-state index contributed by atoms with van der Waals surface area (Å²) < 4.78 is 0. The Hall–Kier alpha value is -1.36. The van der Waals surface area contributed by atoms with Crippen molar-refractivity contribution in [2.24, 2.45) is 5.41 Å². The molecule has 5 nitrogen and oxygen atoms in total. The van der Waals surface area contributed by atoms with Gasteiger partial charge in [0.05, 0.1) is 6.61 Å². The minimum absolute atomic E-state index is 0.116. The van der Waals surface area contributed by atoms with Gasteiger partial charge < -0.3 is 14.9 Å². The number of piperidine rings is 1. The van der Waals surface area contributed by atoms with Gasteiger partial charge in [0.15, 0.2) is 0 Å². The van der Waals surface area contributed by atoms with Crippen LogP contribution in [0.1, 0.15) is 65.2 Å². The summed E-state index contributed by atoms with van der Waals surface area (Å²) in [4.78, 5) is 28.5. The van der Waals surface area contributed by atoms with Crippen LogP contribution in [-0.2, 0) is 9.59 Å². The fraction of sp³-hybridized carbons (Fsp3) is 0.800. The van der Waals surface area contributed by atoms with Crippen LogP contribution in [0.2, 0.25) is 0 Å². The molecule has 1 atom stereocenters. The number of carbonyl (C=O) groups excluding carboxylic acids is 2. The summed E-state index contributed by atoms with van der Waals surface area (Å²) in [5, 5.41) is 9.93. The molecule has 25 heavy (non-hydrogen) atoms. The van der Waals surface area contributed by atoms with Crippen molar-refractivity contribution in [3.8, 4) is 0 Å². The van der Waals surface area contributed by atoms with Gasteiger partial charge in [0.2, 0.25) is 11.8 Å². The summed E-state index contributed by atoms with van der Waals surface area (Å²) in [5.74, 6) is 0.309. The fourth-order valence-electron chi connectivity index (χ4n) is 3.87. The number of hydrogen-bond acceptors (Lipinski definition) is 3. The van der Waals surface area contributed by atoms with Gasteiger partial charge in [-0.25, -0.2) is 0 Å². The largest absolute Gasteiger partial charge is 0.396 e. The quantitative estimate of drug-likeness (QED) is 0.749. The van der Waals surface area contributed by atoms with Crippen LogP contribution in [-0.4, -0.2) is 59.5 Å². The molecule has 2 aliphatic rings. The van der Waals surface area contributed by atoms with Gasteiger partial charge in [-0.15, -0.1) is 0 Å². The molecule has 2 heterocycles. The van der Waals surface area contributed by atoms with E-state index in [1.165, 1.54) is 5.57 Å². The Bertz CT molecular complexity index is 499. The number of amides is 2. The van der Waals surface area contributed by atoms with E-state index in [9.17, 15) is 14.7 Å². The zero-order valence-electron chi connectivity index (χ0n) is 15.9. The van der Waals surface area contributed by atoms with Crippen molar-refractivity contribution in [2.45, 2.75) is 65.2 Å². The number of aliphatic hydroxyl groups excluding tert-OH is 1. The molecule has 2 saturated heterocycles. The summed E-state index contributed by atoms with van der Waals surface area (Å²) in [6.07, 6.45) is 9.02. The zero-order chi connectivity index (χ0) is 18.3. The number of aliphatic hydroxyl groups is 1. The van der Waals surface area contributed by atoms with Crippen LogP contribution < -0.4 is 0 Å². The van der Waals surface area contributed by atoms with E-state index in [-0.39, 0.29) is 23.8 Å². The molecule has 2 amide bonds. The van der Waals surface area contributed by atoms with E-state index in [2.05, 4.69) is 19.9 Å². The summed E-state index contributed by atoms with van der Waals surface area (Å²) >= 11 is 0. The van der Waals surface area contributed by atoms with Gasteiger partial charge in [-0.2, -0.15) is 0 Å². The summed E-state index contributed by atoms with van der Waals surface area (Å²) in [6, 6.07) is 0. The topological polar surface area (TPSA) is 60.9 Å². The molecule has 2 aliphatic heterocycles. The average molecular weight is 351 g/mol. The molecule has 0 aromatic rings. The van der Waals surface area contributed by atoms with Crippen LogP contribution in [0.25, 0.3) is 0 Å². The first-order valence-electron chi connectivity index (χ1n) is 9.75. The fourth-order valence-corrected chi connectivity index (χ4v) is 3.87. The van der Waals surface area contributed by atoms with Crippen LogP contribution >= 0.6 is 0 Å². The van der Waals surface area contributed by atoms with Crippen LogP contribution in [0.3, 0.4) is 0 Å². The van der Waals surface area contributed by atoms with E-state index in [1.54, 1.807) is 0 Å². The standard InChI is InChI=1S/C20H34N2O3/c1-17(2)8-11-20(16-23)10-6-13-22(15-20)19(25)9-14-21-12-5-3-4-7-18(21)24/h8,23H,3-7,9-16H2,1-2H3/t20-/m1/s1. The SMILES string of the molecule is CC(C)=CC[C@]1(CO)CCCN(C(=O)CCN2CCCCCC2=O)C1. The van der Waals surface area contributed by atoms with E-state index in [1.807, 2.05) is 9.80 Å². The van der Waals surface area contributed by atoms with Gasteiger partial charge in [0.1, 0.15) is 0 Å². The molecule has 142 valence electrons. The van der Waals surface area contributed by atoms with Crippen LogP contribution in [0.4, 0.5) is 0 Å². The Labute approximate surface area is 152 Å². The molecule has 0 aromatic carbocycles. The predicted octanol–water partition coefficient (Wildman–Crippen LogP) is 2.74. The van der Waals surface area contributed by atoms with E-state index in [4.69, 9.17) is 0 Å². The van der Waals surface area contributed by atoms with Crippen molar-refractivity contribution < 1.29 is 14.7 Å². The van der Waals surface area contributed by atoms with Crippen molar-refractivity contribution in [1.29, 1.82) is 0 Å². The molecule has 2 rings (SSSR count). The molecule has 0 aliphatic carbocycles. The maximum Gasteiger partial charge on any atom is 0.224 e. The smallest absolute Gasteiger partial charge is 0.224 e. The second kappa shape index (κ2) is 9.37. The van der Waals surface area contributed by atoms with Crippen LogP contribution in [0, 0.1) is 5.41 Å². The van der Waals surface area contributed by atoms with Gasteiger partial charge in [0, 0.05) is 44.4 Å². The Balaban J connectivity index is 1.89. The third-order valence-electron chi connectivity index (χ3n) is 5.56. The Kier molecular flexibility index (Phi) is 7.48. The molecule has 0 bridgehead atoms. The molecule has 0 saturated carbocycles. The molecular weight excluding hydrogens is 316 g/mol. The molecular formula is C20H34N2O3. The second-order valence-corrected chi connectivity index (χ2v) is 8.00. The molecule has 0 spiro atoms. The third kappa shape index (κ3) is 5.84. The molecule has 0 radical (unpaired) electrons. The normalized spacial score (nSPS) is 24.8. The van der Waals surface area contributed by atoms with E-state index in [0.717, 1.165) is 51.6 Å². The highest BCUT2D eigenvalue weighted by Gasteiger charge is 2.35. The maximum absolute atomic E-state index is 12.7. The first-order chi connectivity index (χ1) is 12.0. The maximum atomic E-state index is 12.7. The summed E-state index contributed by atoms with van der Waals surface area (Å²) in [5.41, 5.74) is 1.04. The number of carbonyl (C=O) groups is 2. The van der Waals surface area contributed by atoms with Crippen LogP contribution in [0.15, 0.2) is 11.6 Å². The molecule has 5 heteroatoms. The van der Waals surface area contributed by atoms with Crippen molar-refractivity contribution in [1.82, 2.24) is 9.80 Å². The van der Waals surface area contributed by atoms with Gasteiger partial charge in [-0.3, -0.25) is 9.59 Å². The third-order valence-corrected chi connectivity index (χ3v) is 5.56. The molecule has 0 aromatic heterocycles. The van der Waals surface area contributed by atoms with Gasteiger partial charge >= 0.3 is 0 Å². The highest BCUT2D eigenvalue weighted by Crippen LogP contribution is 2.34. The number of likely N-dealkylation sites (tertiary alicyclic amines) is 2. The monoisotopic (exact) mass is 350 g/mol. The lowest BCUT2D eigenvalue weighted by atomic mass is 9.77. The number of allylic oxidation sites excluding steroid dienone is 2. The highest BCUT2D eigenvalue weighted by molar-refractivity contribution is 5.79. The zero-order valence-corrected chi connectivity index (χ0v) is 15.9. The summed E-state index contributed by atoms with van der Waals surface area (Å²) in [6.45, 7) is 6.96. The number of rotatable bonds is 6. The Morgan fingerprint density at radius 2 is 2.00 bits per heavy atom. The first kappa shape index (κ1) is 20.0. The molecule has 1 N–H and O–H groups in total. The minimum Gasteiger partial charge on any atom is -0.396 e. The minimum atomic E-state index is -0.205. The molecule has 2 fully saturated rings. The lowest BCUT2D eigenvalue weighted by Crippen LogP contribution is -2.48. The number of hydrogen-bond donors (Lipinski definition) is 1. The average Bonchev–Trinajstić information content (AvgIpc) is 2.82. The van der Waals surface area contributed by atoms with Crippen molar-refractivity contribution >= 4 is 11.8 Å². The Morgan fingerprint density at radius 1 is 1.20 bits per heavy atom. The van der Waals surface area contributed by atoms with Gasteiger partial charge in [-0.05, 0) is 46.0 Å². The van der Waals surface area contributed by atoms with Gasteiger partial charge in [0.25, 0.3) is 0 Å². The Morgan fingerprint density at radius 3 is 2.72 bits per heavy atom. The van der Waals surface area contributed by atoms with E-state index < -0.39 is 0 Å². The summed E-state index contributed by atoms with van der Waals surface area (Å²) in [7, 11) is 0. The predicted molar refractivity (Wildman–Crippen MR) is 99.0 cm³/mol. The number of nitrogens with zero attached hydrogens (tertiary/aromatic N) is 2. The lowest BCUT2D eigenvalue weighted by Gasteiger charge is -2.41. The van der Waals surface area contributed by atoms with Crippen molar-refractivity contribution in [3.63, 3.8) is 0 Å². The van der Waals surface area contributed by atoms with Gasteiger partial charge in [-0.1, -0.05) is 18.1 Å². The lowest BCUT2D eigenvalue weighted by molar-refractivity contribution is -0.137. The highest BCUT2D eigenvalue weighted by atomic mass is 16.3. The van der Waals surface area contributed by atoms with Crippen molar-refractivity contribution in [2.75, 3.05) is 32.8 Å². The van der Waals surface area contributed by atoms with Crippen LogP contribution in [0.5, 0.6) is 0 Å². The van der Waals surface area contributed by atoms with E-state index in [0.29, 0.717) is 25.9 Å². The van der Waals surface area contributed by atoms with E-state index >= 15 is 0 Å².